The molecular formula is C44H44F2N6O6. The highest BCUT2D eigenvalue weighted by Crippen LogP contribution is 2.59. The van der Waals surface area contributed by atoms with Crippen LogP contribution < -0.4 is 19.1 Å². The number of halogens is 2. The van der Waals surface area contributed by atoms with Crippen LogP contribution in [0, 0.1) is 30.9 Å². The lowest BCUT2D eigenvalue weighted by Crippen LogP contribution is -2.57. The Morgan fingerprint density at radius 3 is 2.62 bits per heavy atom. The minimum atomic E-state index is -0.655. The average molecular weight is 791 g/mol. The number of hydrogen-bond acceptors (Lipinski definition) is 10. The van der Waals surface area contributed by atoms with Crippen molar-refractivity contribution in [3.05, 3.63) is 64.4 Å². The van der Waals surface area contributed by atoms with Crippen molar-refractivity contribution in [3.8, 4) is 41.0 Å². The van der Waals surface area contributed by atoms with E-state index in [9.17, 15) is 4.79 Å². The average Bonchev–Trinajstić information content (AvgIpc) is 3.68. The fraction of sp³-hybridized carbons (Fsp3) is 0.455. The molecule has 3 saturated heterocycles. The SMILES string of the molecule is C#Cc1ccc(COc2c(-c3c(C)c(F)cc4[nH]ncc34)c(C3CC3)c3c4c(nc(OC5CCOCC5)nc24)N2[C@H]4C[C@@H]([C@H]2CO3)N(C(=O)OC(C)(C)C)C4)c(F)c1. The van der Waals surface area contributed by atoms with E-state index in [0.29, 0.717) is 100 Å². The maximum absolute atomic E-state index is 16.1. The summed E-state index contributed by atoms with van der Waals surface area (Å²) in [6.45, 7) is 8.95. The maximum atomic E-state index is 16.1. The van der Waals surface area contributed by atoms with Gasteiger partial charge in [-0.3, -0.25) is 5.10 Å². The van der Waals surface area contributed by atoms with Crippen LogP contribution in [0.1, 0.15) is 81.0 Å². The number of H-pyrrole nitrogens is 1. The molecule has 4 fully saturated rings. The summed E-state index contributed by atoms with van der Waals surface area (Å²) in [6.07, 6.45) is 10.5. The largest absolute Gasteiger partial charge is 0.490 e. The number of piperazine rings is 1. The highest BCUT2D eigenvalue weighted by Gasteiger charge is 2.55. The van der Waals surface area contributed by atoms with Gasteiger partial charge in [-0.15, -0.1) is 6.42 Å². The van der Waals surface area contributed by atoms with E-state index in [4.69, 9.17) is 40.1 Å². The zero-order valence-corrected chi connectivity index (χ0v) is 32.9. The number of aromatic nitrogens is 4. The smallest absolute Gasteiger partial charge is 0.410 e. The van der Waals surface area contributed by atoms with E-state index in [-0.39, 0.29) is 61.0 Å². The van der Waals surface area contributed by atoms with Crippen LogP contribution in [-0.2, 0) is 16.1 Å². The van der Waals surface area contributed by atoms with Crippen LogP contribution in [0.15, 0.2) is 30.5 Å². The summed E-state index contributed by atoms with van der Waals surface area (Å²) in [6, 6.07) is 5.61. The quantitative estimate of drug-likeness (QED) is 0.164. The second-order valence-corrected chi connectivity index (χ2v) is 17.0. The summed E-state index contributed by atoms with van der Waals surface area (Å²) in [5.74, 6) is 3.14. The van der Waals surface area contributed by atoms with Crippen LogP contribution in [0.25, 0.3) is 32.9 Å². The summed E-state index contributed by atoms with van der Waals surface area (Å²) in [5.41, 5.74) is 3.38. The lowest BCUT2D eigenvalue weighted by atomic mass is 9.88. The molecule has 3 atom stereocenters. The first-order valence-corrected chi connectivity index (χ1v) is 20.0. The van der Waals surface area contributed by atoms with Gasteiger partial charge in [-0.25, -0.2) is 13.6 Å². The van der Waals surface area contributed by atoms with Gasteiger partial charge in [-0.05, 0) is 76.6 Å². The molecule has 1 saturated carbocycles. The van der Waals surface area contributed by atoms with E-state index >= 15 is 8.78 Å². The Balaban J connectivity index is 1.22. The van der Waals surface area contributed by atoms with Crippen LogP contribution in [-0.4, -0.2) is 87.4 Å². The minimum absolute atomic E-state index is 0.0435. The number of amides is 1. The summed E-state index contributed by atoms with van der Waals surface area (Å²) >= 11 is 0. The summed E-state index contributed by atoms with van der Waals surface area (Å²) < 4.78 is 63.6. The second kappa shape index (κ2) is 13.7. The third kappa shape index (κ3) is 6.13. The second-order valence-electron chi connectivity index (χ2n) is 17.0. The lowest BCUT2D eigenvalue weighted by Gasteiger charge is -2.40. The van der Waals surface area contributed by atoms with E-state index in [0.717, 1.165) is 18.4 Å². The third-order valence-corrected chi connectivity index (χ3v) is 12.0. The number of carbonyl (C=O) groups excluding carboxylic acids is 1. The number of nitrogens with one attached hydrogen (secondary N) is 1. The predicted molar refractivity (Wildman–Crippen MR) is 211 cm³/mol. The number of aromatic amines is 1. The normalized spacial score (nSPS) is 21.5. The Kier molecular flexibility index (Phi) is 8.67. The van der Waals surface area contributed by atoms with E-state index in [1.807, 2.05) is 25.7 Å². The summed E-state index contributed by atoms with van der Waals surface area (Å²) in [5, 5.41) is 8.58. The summed E-state index contributed by atoms with van der Waals surface area (Å²) in [4.78, 5) is 28.0. The number of carbonyl (C=O) groups is 1. The Bertz CT molecular complexity index is 2540. The number of hydrogen-bond donors (Lipinski definition) is 1. The molecule has 5 aromatic rings. The molecule has 4 aliphatic heterocycles. The number of rotatable bonds is 7. The Morgan fingerprint density at radius 1 is 1.07 bits per heavy atom. The first-order chi connectivity index (χ1) is 28.0. The fourth-order valence-electron chi connectivity index (χ4n) is 9.25. The van der Waals surface area contributed by atoms with E-state index in [2.05, 4.69) is 21.0 Å². The fourth-order valence-corrected chi connectivity index (χ4v) is 9.25. The predicted octanol–water partition coefficient (Wildman–Crippen LogP) is 7.71. The summed E-state index contributed by atoms with van der Waals surface area (Å²) in [7, 11) is 0. The molecule has 0 radical (unpaired) electrons. The van der Waals surface area contributed by atoms with E-state index < -0.39 is 17.2 Å². The van der Waals surface area contributed by atoms with Crippen LogP contribution in [0.4, 0.5) is 19.4 Å². The van der Waals surface area contributed by atoms with Crippen molar-refractivity contribution in [2.45, 2.75) is 102 Å². The van der Waals surface area contributed by atoms with Gasteiger partial charge in [-0.1, -0.05) is 12.0 Å². The molecule has 10 rings (SSSR count). The van der Waals surface area contributed by atoms with Gasteiger partial charge >= 0.3 is 12.1 Å². The molecule has 2 bridgehead atoms. The van der Waals surface area contributed by atoms with Crippen molar-refractivity contribution in [2.24, 2.45) is 0 Å². The van der Waals surface area contributed by atoms with Gasteiger partial charge < -0.3 is 33.5 Å². The topological polar surface area (TPSA) is 124 Å². The molecule has 6 heterocycles. The van der Waals surface area contributed by atoms with E-state index in [1.54, 1.807) is 25.3 Å². The highest BCUT2D eigenvalue weighted by atomic mass is 19.1. The molecule has 1 aliphatic carbocycles. The first-order valence-electron chi connectivity index (χ1n) is 20.0. The van der Waals surface area contributed by atoms with Gasteiger partial charge in [0.15, 0.2) is 5.75 Å². The Labute approximate surface area is 334 Å². The zero-order valence-electron chi connectivity index (χ0n) is 32.9. The zero-order chi connectivity index (χ0) is 40.0. The van der Waals surface area contributed by atoms with Crippen molar-refractivity contribution in [1.29, 1.82) is 0 Å². The maximum Gasteiger partial charge on any atom is 0.410 e. The molecule has 2 aromatic heterocycles. The molecule has 1 amide bonds. The number of benzene rings is 3. The number of nitrogens with zero attached hydrogens (tertiary/aromatic N) is 5. The van der Waals surface area contributed by atoms with Crippen molar-refractivity contribution >= 4 is 33.7 Å². The highest BCUT2D eigenvalue weighted by molar-refractivity contribution is 6.09. The number of anilines is 1. The lowest BCUT2D eigenvalue weighted by molar-refractivity contribution is 0.0165. The number of ether oxygens (including phenoxy) is 5. The molecule has 58 heavy (non-hydrogen) atoms. The van der Waals surface area contributed by atoms with Gasteiger partial charge in [0.2, 0.25) is 0 Å². The first kappa shape index (κ1) is 36.6. The number of fused-ring (bicyclic) bond motifs is 7. The molecular weight excluding hydrogens is 747 g/mol. The molecule has 14 heteroatoms. The van der Waals surface area contributed by atoms with Crippen LogP contribution in [0.3, 0.4) is 0 Å². The van der Waals surface area contributed by atoms with Crippen LogP contribution in [0.2, 0.25) is 0 Å². The van der Waals surface area contributed by atoms with Gasteiger partial charge in [0.1, 0.15) is 53.6 Å². The van der Waals surface area contributed by atoms with Crippen LogP contribution in [0.5, 0.6) is 17.5 Å². The molecule has 12 nitrogen and oxygen atoms in total. The van der Waals surface area contributed by atoms with Crippen molar-refractivity contribution < 1.29 is 37.3 Å². The van der Waals surface area contributed by atoms with Gasteiger partial charge in [0.05, 0.1) is 48.4 Å². The van der Waals surface area contributed by atoms with Crippen molar-refractivity contribution in [3.63, 3.8) is 0 Å². The van der Waals surface area contributed by atoms with Crippen molar-refractivity contribution in [1.82, 2.24) is 25.1 Å². The number of likely N-dealkylation sites (tertiary alicyclic amines) is 1. The standard InChI is InChI=1S/C44H44F2N6O6/c1-6-23-7-8-25(30(46)15-23)20-55-40-36(34-22(2)29(45)17-31-28(34)18-47-50-31)35(24-9-10-24)39-37-38(40)48-42(57-27-11-13-54-14-12-27)49-41(37)52-26-16-32(33(52)21-56-39)51(19-26)43(53)58-44(3,4)5/h1,7-8,15,17-18,24,26-27,32-33H,9-14,16,19-21H2,2-5H3,(H,47,50)/t26-,32-,33+/m0/s1. The van der Waals surface area contributed by atoms with Gasteiger partial charge in [-0.2, -0.15) is 15.1 Å². The van der Waals surface area contributed by atoms with Crippen LogP contribution >= 0.6 is 0 Å². The van der Waals surface area contributed by atoms with Crippen molar-refractivity contribution in [2.75, 3.05) is 31.3 Å². The number of terminal acetylenes is 1. The minimum Gasteiger partial charge on any atom is -0.490 e. The Morgan fingerprint density at radius 2 is 1.88 bits per heavy atom. The third-order valence-electron chi connectivity index (χ3n) is 12.0. The molecule has 5 aliphatic rings. The Hall–Kier alpha value is -5.68. The molecule has 3 aromatic carbocycles. The monoisotopic (exact) mass is 790 g/mol. The molecule has 1 N–H and O–H groups in total. The van der Waals surface area contributed by atoms with Gasteiger partial charge in [0, 0.05) is 52.6 Å². The molecule has 0 spiro atoms. The van der Waals surface area contributed by atoms with E-state index in [1.165, 1.54) is 12.1 Å². The molecule has 300 valence electrons. The van der Waals surface area contributed by atoms with Gasteiger partial charge in [0.25, 0.3) is 0 Å². The molecule has 0 unspecified atom stereocenters.